The molecule has 6 heteroatoms. The van der Waals surface area contributed by atoms with Crippen LogP contribution in [0.25, 0.3) is 0 Å². The Morgan fingerprint density at radius 1 is 1.50 bits per heavy atom. The van der Waals surface area contributed by atoms with Crippen LogP contribution in [-0.2, 0) is 4.74 Å². The molecule has 0 spiro atoms. The van der Waals surface area contributed by atoms with E-state index in [-0.39, 0.29) is 12.5 Å². The summed E-state index contributed by atoms with van der Waals surface area (Å²) in [6, 6.07) is 3.60. The number of β-amino-alcohol motifs (C(OH)–C–C–N with tert-alkyl or cyclic N) is 1. The predicted octanol–water partition coefficient (Wildman–Crippen LogP) is 1.36. The lowest BCUT2D eigenvalue weighted by molar-refractivity contribution is 0.0270. The lowest BCUT2D eigenvalue weighted by Gasteiger charge is -2.24. The van der Waals surface area contributed by atoms with E-state index in [0.717, 1.165) is 5.56 Å². The summed E-state index contributed by atoms with van der Waals surface area (Å²) in [6.07, 6.45) is 0.529. The van der Waals surface area contributed by atoms with E-state index in [4.69, 9.17) is 10.5 Å². The zero-order valence-electron chi connectivity index (χ0n) is 12.0. The quantitative estimate of drug-likeness (QED) is 0.810. The molecule has 1 aliphatic rings. The number of amides is 1. The minimum Gasteiger partial charge on any atom is -0.444 e. The van der Waals surface area contributed by atoms with Crippen LogP contribution in [0.5, 0.6) is 0 Å². The van der Waals surface area contributed by atoms with Crippen molar-refractivity contribution in [3.05, 3.63) is 23.9 Å². The first-order valence-electron chi connectivity index (χ1n) is 6.64. The number of nitrogen functional groups attached to an aromatic ring is 1. The Hall–Kier alpha value is -1.82. The highest BCUT2D eigenvalue weighted by Gasteiger charge is 2.37. The summed E-state index contributed by atoms with van der Waals surface area (Å²) in [5, 5.41) is 10.2. The molecule has 1 saturated heterocycles. The maximum Gasteiger partial charge on any atom is 0.410 e. The second-order valence-electron chi connectivity index (χ2n) is 6.04. The van der Waals surface area contributed by atoms with Crippen molar-refractivity contribution in [2.45, 2.75) is 38.4 Å². The molecule has 2 rings (SSSR count). The normalized spacial score (nSPS) is 22.9. The molecule has 2 heterocycles. The van der Waals surface area contributed by atoms with Crippen LogP contribution in [-0.4, -0.2) is 45.9 Å². The van der Waals surface area contributed by atoms with Crippen molar-refractivity contribution in [3.63, 3.8) is 0 Å². The van der Waals surface area contributed by atoms with Gasteiger partial charge in [-0.1, -0.05) is 6.07 Å². The molecule has 110 valence electrons. The SMILES string of the molecule is CC(C)(C)OC(=O)N1CC(O)C(c2cccnc2N)C1. The number of anilines is 1. The van der Waals surface area contributed by atoms with E-state index < -0.39 is 17.8 Å². The number of rotatable bonds is 1. The molecule has 1 aromatic heterocycles. The first-order valence-corrected chi connectivity index (χ1v) is 6.64. The first kappa shape index (κ1) is 14.6. The van der Waals surface area contributed by atoms with Gasteiger partial charge in [0.1, 0.15) is 11.4 Å². The van der Waals surface area contributed by atoms with E-state index in [9.17, 15) is 9.90 Å². The zero-order chi connectivity index (χ0) is 14.9. The second-order valence-corrected chi connectivity index (χ2v) is 6.04. The number of carbonyl (C=O) groups is 1. The van der Waals surface area contributed by atoms with Gasteiger partial charge in [-0.15, -0.1) is 0 Å². The number of likely N-dealkylation sites (tertiary alicyclic amines) is 1. The van der Waals surface area contributed by atoms with Gasteiger partial charge in [0.15, 0.2) is 0 Å². The molecular formula is C14H21N3O3. The van der Waals surface area contributed by atoms with E-state index in [1.165, 1.54) is 4.90 Å². The number of pyridine rings is 1. The third kappa shape index (κ3) is 3.19. The third-order valence-electron chi connectivity index (χ3n) is 3.21. The molecule has 2 atom stereocenters. The maximum absolute atomic E-state index is 12.0. The van der Waals surface area contributed by atoms with E-state index in [1.807, 2.05) is 26.8 Å². The van der Waals surface area contributed by atoms with E-state index in [1.54, 1.807) is 12.3 Å². The van der Waals surface area contributed by atoms with Gasteiger partial charge in [0.2, 0.25) is 0 Å². The average molecular weight is 279 g/mol. The van der Waals surface area contributed by atoms with Gasteiger partial charge in [0, 0.05) is 24.2 Å². The van der Waals surface area contributed by atoms with Crippen LogP contribution in [0.2, 0.25) is 0 Å². The molecular weight excluding hydrogens is 258 g/mol. The number of aromatic nitrogens is 1. The summed E-state index contributed by atoms with van der Waals surface area (Å²) < 4.78 is 5.31. The van der Waals surface area contributed by atoms with Crippen molar-refractivity contribution in [3.8, 4) is 0 Å². The van der Waals surface area contributed by atoms with Crippen LogP contribution < -0.4 is 5.73 Å². The molecule has 3 N–H and O–H groups in total. The number of ether oxygens (including phenoxy) is 1. The lowest BCUT2D eigenvalue weighted by atomic mass is 9.97. The Morgan fingerprint density at radius 2 is 2.20 bits per heavy atom. The van der Waals surface area contributed by atoms with Crippen LogP contribution in [0.1, 0.15) is 32.3 Å². The first-order chi connectivity index (χ1) is 9.28. The van der Waals surface area contributed by atoms with Crippen LogP contribution in [0.15, 0.2) is 18.3 Å². The van der Waals surface area contributed by atoms with E-state index in [2.05, 4.69) is 4.98 Å². The van der Waals surface area contributed by atoms with Crippen LogP contribution in [0, 0.1) is 0 Å². The number of nitrogens with zero attached hydrogens (tertiary/aromatic N) is 2. The van der Waals surface area contributed by atoms with Crippen molar-refractivity contribution in [2.24, 2.45) is 0 Å². The largest absolute Gasteiger partial charge is 0.444 e. The van der Waals surface area contributed by atoms with Crippen molar-refractivity contribution in [2.75, 3.05) is 18.8 Å². The zero-order valence-corrected chi connectivity index (χ0v) is 12.0. The fourth-order valence-corrected chi connectivity index (χ4v) is 2.31. The molecule has 1 aliphatic heterocycles. The summed E-state index contributed by atoms with van der Waals surface area (Å²) in [6.45, 7) is 6.07. The number of aliphatic hydroxyl groups excluding tert-OH is 1. The number of nitrogens with two attached hydrogens (primary N) is 1. The Kier molecular flexibility index (Phi) is 3.85. The molecule has 0 aromatic carbocycles. The molecule has 2 unspecified atom stereocenters. The number of carbonyl (C=O) groups excluding carboxylic acids is 1. The second kappa shape index (κ2) is 5.28. The van der Waals surface area contributed by atoms with Crippen LogP contribution in [0.3, 0.4) is 0 Å². The van der Waals surface area contributed by atoms with Gasteiger partial charge in [-0.2, -0.15) is 0 Å². The monoisotopic (exact) mass is 279 g/mol. The molecule has 0 bridgehead atoms. The number of hydrogen-bond acceptors (Lipinski definition) is 5. The van der Waals surface area contributed by atoms with E-state index >= 15 is 0 Å². The Balaban J connectivity index is 2.10. The minimum absolute atomic E-state index is 0.226. The number of hydrogen-bond donors (Lipinski definition) is 2. The summed E-state index contributed by atoms with van der Waals surface area (Å²) in [4.78, 5) is 17.5. The Bertz CT molecular complexity index is 499. The van der Waals surface area contributed by atoms with E-state index in [0.29, 0.717) is 12.4 Å². The molecule has 0 radical (unpaired) electrons. The summed E-state index contributed by atoms with van der Waals surface area (Å²) in [7, 11) is 0. The fraction of sp³-hybridized carbons (Fsp3) is 0.571. The standard InChI is InChI=1S/C14H21N3O3/c1-14(2,3)20-13(19)17-7-10(11(18)8-17)9-5-4-6-16-12(9)15/h4-6,10-11,18H,7-8H2,1-3H3,(H2,15,16). The topological polar surface area (TPSA) is 88.7 Å². The number of aliphatic hydroxyl groups is 1. The maximum atomic E-state index is 12.0. The molecule has 0 saturated carbocycles. The predicted molar refractivity (Wildman–Crippen MR) is 75.2 cm³/mol. The minimum atomic E-state index is -0.658. The average Bonchev–Trinajstić information content (AvgIpc) is 2.70. The van der Waals surface area contributed by atoms with Gasteiger partial charge in [0.05, 0.1) is 12.6 Å². The summed E-state index contributed by atoms with van der Waals surface area (Å²) in [5.74, 6) is 0.166. The molecule has 20 heavy (non-hydrogen) atoms. The summed E-state index contributed by atoms with van der Waals surface area (Å²) in [5.41, 5.74) is 6.05. The fourth-order valence-electron chi connectivity index (χ4n) is 2.31. The molecule has 1 amide bonds. The smallest absolute Gasteiger partial charge is 0.410 e. The van der Waals surface area contributed by atoms with Gasteiger partial charge in [-0.05, 0) is 26.8 Å². The van der Waals surface area contributed by atoms with Gasteiger partial charge >= 0.3 is 6.09 Å². The van der Waals surface area contributed by atoms with Gasteiger partial charge in [0.25, 0.3) is 0 Å². The highest BCUT2D eigenvalue weighted by molar-refractivity contribution is 5.69. The highest BCUT2D eigenvalue weighted by atomic mass is 16.6. The Labute approximate surface area is 118 Å². The summed E-state index contributed by atoms with van der Waals surface area (Å²) >= 11 is 0. The highest BCUT2D eigenvalue weighted by Crippen LogP contribution is 2.31. The Morgan fingerprint density at radius 3 is 2.80 bits per heavy atom. The van der Waals surface area contributed by atoms with Crippen LogP contribution in [0.4, 0.5) is 10.6 Å². The van der Waals surface area contributed by atoms with Gasteiger partial charge < -0.3 is 20.5 Å². The molecule has 6 nitrogen and oxygen atoms in total. The van der Waals surface area contributed by atoms with Gasteiger partial charge in [-0.25, -0.2) is 9.78 Å². The van der Waals surface area contributed by atoms with Crippen molar-refractivity contribution >= 4 is 11.9 Å². The molecule has 1 aromatic rings. The lowest BCUT2D eigenvalue weighted by Crippen LogP contribution is -2.35. The van der Waals surface area contributed by atoms with Crippen molar-refractivity contribution in [1.29, 1.82) is 0 Å². The van der Waals surface area contributed by atoms with Crippen molar-refractivity contribution in [1.82, 2.24) is 9.88 Å². The van der Waals surface area contributed by atoms with Crippen LogP contribution >= 0.6 is 0 Å². The molecule has 0 aliphatic carbocycles. The van der Waals surface area contributed by atoms with Gasteiger partial charge in [-0.3, -0.25) is 0 Å². The molecule has 1 fully saturated rings. The third-order valence-corrected chi connectivity index (χ3v) is 3.21. The van der Waals surface area contributed by atoms with Crippen molar-refractivity contribution < 1.29 is 14.6 Å².